The van der Waals surface area contributed by atoms with Crippen LogP contribution in [0.4, 0.5) is 0 Å². The van der Waals surface area contributed by atoms with Crippen molar-refractivity contribution < 1.29 is 143 Å². The van der Waals surface area contributed by atoms with Gasteiger partial charge in [0.05, 0.1) is 0 Å². The van der Waals surface area contributed by atoms with Crippen molar-refractivity contribution >= 4 is 0 Å². The first kappa shape index (κ1) is 65.2. The minimum Gasteiger partial charge on any atom is -1.00 e. The topological polar surface area (TPSA) is 0 Å². The van der Waals surface area contributed by atoms with Crippen LogP contribution in [0.1, 0.15) is 0 Å². The first-order chi connectivity index (χ1) is 0. The van der Waals surface area contributed by atoms with Gasteiger partial charge in [-0.3, -0.25) is 0 Å². The third-order valence-corrected chi connectivity index (χ3v) is 0. The second kappa shape index (κ2) is 48.4. The van der Waals surface area contributed by atoms with E-state index in [0.717, 1.165) is 0 Å². The Balaban J connectivity index is 0. The smallest absolute Gasteiger partial charge is 1.00 e. The standard InChI is InChI=1S/5BrH.Fe.Nd/h5*1H;;/q;;;;;+2;+3/p-5. The normalized spacial score (nSPS) is 0. The number of hydrogen-bond donors (Lipinski definition) is 0. The monoisotopic (exact) mass is 592 g/mol. The van der Waals surface area contributed by atoms with E-state index in [4.69, 9.17) is 0 Å². The summed E-state index contributed by atoms with van der Waals surface area (Å²) < 4.78 is 0. The molecular formula is Br5FeNd. The van der Waals surface area contributed by atoms with E-state index in [1.165, 1.54) is 0 Å². The Bertz CT molecular complexity index is 8.04. The first-order valence-corrected chi connectivity index (χ1v) is 0. The molecule has 0 aromatic heterocycles. The summed E-state index contributed by atoms with van der Waals surface area (Å²) in [5.41, 5.74) is 0. The molecule has 1 radical (unpaired) electrons. The Morgan fingerprint density at radius 2 is 0.429 bits per heavy atom. The zero-order valence-corrected chi connectivity index (χ0v) is 15.0. The van der Waals surface area contributed by atoms with Crippen molar-refractivity contribution in [2.75, 3.05) is 0 Å². The maximum atomic E-state index is 0. The van der Waals surface area contributed by atoms with Gasteiger partial charge in [0.2, 0.25) is 0 Å². The van der Waals surface area contributed by atoms with Crippen molar-refractivity contribution in [3.05, 3.63) is 0 Å². The zero-order valence-electron chi connectivity index (χ0n) is 2.74. The molecule has 0 bridgehead atoms. The molecule has 0 unspecified atom stereocenters. The Morgan fingerprint density at radius 3 is 0.429 bits per heavy atom. The van der Waals surface area contributed by atoms with Crippen molar-refractivity contribution in [2.24, 2.45) is 0 Å². The molecule has 0 rings (SSSR count). The van der Waals surface area contributed by atoms with Crippen molar-refractivity contribution in [2.45, 2.75) is 0 Å². The molecule has 0 aromatic rings. The van der Waals surface area contributed by atoms with Crippen molar-refractivity contribution in [1.82, 2.24) is 0 Å². The fourth-order valence-electron chi connectivity index (χ4n) is 0. The molecule has 0 fully saturated rings. The Morgan fingerprint density at radius 1 is 0.429 bits per heavy atom. The van der Waals surface area contributed by atoms with E-state index in [-0.39, 0.29) is 143 Å². The molecule has 0 atom stereocenters. The van der Waals surface area contributed by atoms with Crippen LogP contribution in [0.25, 0.3) is 0 Å². The van der Waals surface area contributed by atoms with Crippen molar-refractivity contribution in [3.8, 4) is 0 Å². The third kappa shape index (κ3) is 38.5. The van der Waals surface area contributed by atoms with Crippen LogP contribution in [0.2, 0.25) is 0 Å². The van der Waals surface area contributed by atoms with Crippen LogP contribution >= 0.6 is 0 Å². The molecule has 0 heterocycles. The average molecular weight is 600 g/mol. The molecule has 0 aliphatic heterocycles. The van der Waals surface area contributed by atoms with Crippen LogP contribution in [0.5, 0.6) is 0 Å². The van der Waals surface area contributed by atoms with Crippen LogP contribution in [0, 0.1) is 40.8 Å². The van der Waals surface area contributed by atoms with E-state index in [1.807, 2.05) is 0 Å². The number of rotatable bonds is 0. The van der Waals surface area contributed by atoms with Gasteiger partial charge in [-0.05, 0) is 0 Å². The van der Waals surface area contributed by atoms with Crippen molar-refractivity contribution in [3.63, 3.8) is 0 Å². The molecule has 0 aromatic carbocycles. The van der Waals surface area contributed by atoms with Gasteiger partial charge < -0.3 is 84.9 Å². The van der Waals surface area contributed by atoms with Crippen LogP contribution in [0.3, 0.4) is 0 Å². The Hall–Kier alpha value is 4.27. The molecule has 0 aliphatic carbocycles. The van der Waals surface area contributed by atoms with Crippen LogP contribution < -0.4 is 84.9 Å². The zero-order chi connectivity index (χ0) is 0. The molecule has 0 saturated heterocycles. The van der Waals surface area contributed by atoms with Gasteiger partial charge in [-0.2, -0.15) is 0 Å². The van der Waals surface area contributed by atoms with E-state index >= 15 is 0 Å². The van der Waals surface area contributed by atoms with Gasteiger partial charge in [-0.15, -0.1) is 0 Å². The fourth-order valence-corrected chi connectivity index (χ4v) is 0. The SMILES string of the molecule is [Br-].[Br-].[Br-].[Br-].[Br-].[Fe+2].[Nd+3]. The van der Waals surface area contributed by atoms with E-state index in [1.54, 1.807) is 0 Å². The largest absolute Gasteiger partial charge is 3.00 e. The fraction of sp³-hybridized carbons (Fsp3) is 0. The summed E-state index contributed by atoms with van der Waals surface area (Å²) in [5, 5.41) is 0. The minimum absolute atomic E-state index is 0. The van der Waals surface area contributed by atoms with Gasteiger partial charge in [0.25, 0.3) is 0 Å². The summed E-state index contributed by atoms with van der Waals surface area (Å²) in [6, 6.07) is 0. The van der Waals surface area contributed by atoms with Gasteiger partial charge in [0.15, 0.2) is 0 Å². The predicted molar refractivity (Wildman–Crippen MR) is 0 cm³/mol. The average Bonchev–Trinajstić information content (AvgIpc) is 0. The molecular weight excluding hydrogens is 600 g/mol. The molecule has 0 aliphatic rings. The second-order valence-corrected chi connectivity index (χ2v) is 0. The molecule has 0 nitrogen and oxygen atoms in total. The summed E-state index contributed by atoms with van der Waals surface area (Å²) in [5.74, 6) is 0. The van der Waals surface area contributed by atoms with Gasteiger partial charge in [0.1, 0.15) is 0 Å². The molecule has 0 N–H and O–H groups in total. The van der Waals surface area contributed by atoms with E-state index in [9.17, 15) is 0 Å². The van der Waals surface area contributed by atoms with Crippen molar-refractivity contribution in [1.29, 1.82) is 0 Å². The van der Waals surface area contributed by atoms with Gasteiger partial charge >= 0.3 is 57.9 Å². The summed E-state index contributed by atoms with van der Waals surface area (Å²) in [7, 11) is 0. The number of halogens is 5. The maximum absolute atomic E-state index is 0. The Kier molecular flexibility index (Phi) is 451. The predicted octanol–water partition coefficient (Wildman–Crippen LogP) is -15.0. The Labute approximate surface area is 140 Å². The van der Waals surface area contributed by atoms with Crippen LogP contribution in [-0.4, -0.2) is 0 Å². The van der Waals surface area contributed by atoms with E-state index in [0.29, 0.717) is 0 Å². The summed E-state index contributed by atoms with van der Waals surface area (Å²) in [4.78, 5) is 0. The summed E-state index contributed by atoms with van der Waals surface area (Å²) in [6.45, 7) is 0. The summed E-state index contributed by atoms with van der Waals surface area (Å²) >= 11 is 0. The molecule has 7 heteroatoms. The number of hydrogen-bond acceptors (Lipinski definition) is 0. The van der Waals surface area contributed by atoms with E-state index < -0.39 is 0 Å². The molecule has 7 heavy (non-hydrogen) atoms. The van der Waals surface area contributed by atoms with Gasteiger partial charge in [0, 0.05) is 0 Å². The molecule has 0 saturated carbocycles. The third-order valence-electron chi connectivity index (χ3n) is 0. The van der Waals surface area contributed by atoms with Gasteiger partial charge in [-0.25, -0.2) is 0 Å². The molecule has 47 valence electrons. The minimum atomic E-state index is 0. The molecule has 0 amide bonds. The quantitative estimate of drug-likeness (QED) is 0.243. The maximum Gasteiger partial charge on any atom is 3.00 e. The van der Waals surface area contributed by atoms with Gasteiger partial charge in [-0.1, -0.05) is 0 Å². The second-order valence-electron chi connectivity index (χ2n) is 0. The van der Waals surface area contributed by atoms with Crippen LogP contribution in [-0.2, 0) is 17.1 Å². The summed E-state index contributed by atoms with van der Waals surface area (Å²) in [6.07, 6.45) is 0. The first-order valence-electron chi connectivity index (χ1n) is 0. The molecule has 0 spiro atoms. The van der Waals surface area contributed by atoms with E-state index in [2.05, 4.69) is 0 Å². The van der Waals surface area contributed by atoms with Crippen LogP contribution in [0.15, 0.2) is 0 Å².